The number of rotatable bonds is 5. The molecule has 3 aromatic rings. The molecule has 1 aromatic heterocycles. The number of amides is 2. The van der Waals surface area contributed by atoms with Crippen LogP contribution in [0.3, 0.4) is 0 Å². The molecule has 6 nitrogen and oxygen atoms in total. The minimum atomic E-state index is -0.318. The molecule has 0 bridgehead atoms. The van der Waals surface area contributed by atoms with Crippen LogP contribution in [0.15, 0.2) is 54.6 Å². The number of benzene rings is 2. The third-order valence-corrected chi connectivity index (χ3v) is 5.83. The van der Waals surface area contributed by atoms with E-state index in [4.69, 9.17) is 5.73 Å². The highest BCUT2D eigenvalue weighted by Crippen LogP contribution is 2.27. The SMILES string of the molecule is C[C@@H](C(N)=O)N1CCC(C(=O)Nc2cccc(-c3cc4ccccc4[nH]3)c2)CC1. The normalized spacial score (nSPS) is 16.6. The average molecular weight is 390 g/mol. The van der Waals surface area contributed by atoms with Gasteiger partial charge in [0.25, 0.3) is 0 Å². The number of aromatic nitrogens is 1. The van der Waals surface area contributed by atoms with E-state index in [0.717, 1.165) is 40.7 Å². The van der Waals surface area contributed by atoms with Crippen molar-refractivity contribution in [2.75, 3.05) is 18.4 Å². The molecule has 0 unspecified atom stereocenters. The number of fused-ring (bicyclic) bond motifs is 1. The van der Waals surface area contributed by atoms with Gasteiger partial charge in [0.15, 0.2) is 0 Å². The zero-order valence-electron chi connectivity index (χ0n) is 16.5. The molecule has 0 aliphatic carbocycles. The van der Waals surface area contributed by atoms with E-state index in [-0.39, 0.29) is 23.8 Å². The van der Waals surface area contributed by atoms with Gasteiger partial charge in [-0.3, -0.25) is 14.5 Å². The molecule has 2 heterocycles. The lowest BCUT2D eigenvalue weighted by Gasteiger charge is -2.34. The standard InChI is InChI=1S/C23H26N4O2/c1-15(22(24)28)27-11-9-16(10-12-27)23(29)25-19-7-4-6-17(13-19)21-14-18-5-2-3-8-20(18)26-21/h2-8,13-16,26H,9-12H2,1H3,(H2,24,28)(H,25,29)/t15-/m0/s1. The lowest BCUT2D eigenvalue weighted by atomic mass is 9.94. The van der Waals surface area contributed by atoms with Crippen molar-refractivity contribution in [1.82, 2.24) is 9.88 Å². The summed E-state index contributed by atoms with van der Waals surface area (Å²) in [5.41, 5.74) is 9.33. The fourth-order valence-corrected chi connectivity index (χ4v) is 3.97. The third-order valence-electron chi connectivity index (χ3n) is 5.83. The molecule has 29 heavy (non-hydrogen) atoms. The predicted octanol–water partition coefficient (Wildman–Crippen LogP) is 3.36. The summed E-state index contributed by atoms with van der Waals surface area (Å²) in [5, 5.41) is 4.22. The number of hydrogen-bond acceptors (Lipinski definition) is 3. The van der Waals surface area contributed by atoms with Crippen molar-refractivity contribution in [1.29, 1.82) is 0 Å². The van der Waals surface area contributed by atoms with Gasteiger partial charge in [-0.15, -0.1) is 0 Å². The van der Waals surface area contributed by atoms with Crippen molar-refractivity contribution in [3.8, 4) is 11.3 Å². The van der Waals surface area contributed by atoms with Gasteiger partial charge in [0.2, 0.25) is 11.8 Å². The van der Waals surface area contributed by atoms with E-state index >= 15 is 0 Å². The van der Waals surface area contributed by atoms with Crippen molar-refractivity contribution >= 4 is 28.4 Å². The fraction of sp³-hybridized carbons (Fsp3) is 0.304. The molecule has 4 N–H and O–H groups in total. The highest BCUT2D eigenvalue weighted by molar-refractivity contribution is 5.93. The van der Waals surface area contributed by atoms with Crippen LogP contribution >= 0.6 is 0 Å². The summed E-state index contributed by atoms with van der Waals surface area (Å²) >= 11 is 0. The Morgan fingerprint density at radius 1 is 1.10 bits per heavy atom. The number of nitrogens with zero attached hydrogens (tertiary/aromatic N) is 1. The van der Waals surface area contributed by atoms with Crippen LogP contribution in [0, 0.1) is 5.92 Å². The maximum atomic E-state index is 12.7. The first-order valence-electron chi connectivity index (χ1n) is 10.0. The van der Waals surface area contributed by atoms with E-state index in [1.165, 1.54) is 0 Å². The number of nitrogens with two attached hydrogens (primary N) is 1. The molecule has 6 heteroatoms. The van der Waals surface area contributed by atoms with Crippen LogP contribution in [0.4, 0.5) is 5.69 Å². The highest BCUT2D eigenvalue weighted by atomic mass is 16.2. The molecule has 150 valence electrons. The van der Waals surface area contributed by atoms with Crippen LogP contribution in [-0.4, -0.2) is 40.8 Å². The van der Waals surface area contributed by atoms with Crippen LogP contribution in [0.2, 0.25) is 0 Å². The van der Waals surface area contributed by atoms with Gasteiger partial charge in [-0.1, -0.05) is 30.3 Å². The second-order valence-corrected chi connectivity index (χ2v) is 7.73. The largest absolute Gasteiger partial charge is 0.368 e. The van der Waals surface area contributed by atoms with E-state index in [1.807, 2.05) is 48.2 Å². The third kappa shape index (κ3) is 4.17. The van der Waals surface area contributed by atoms with Crippen LogP contribution < -0.4 is 11.1 Å². The molecule has 1 fully saturated rings. The van der Waals surface area contributed by atoms with E-state index in [1.54, 1.807) is 0 Å². The van der Waals surface area contributed by atoms with Gasteiger partial charge in [0.05, 0.1) is 6.04 Å². The van der Waals surface area contributed by atoms with Crippen molar-refractivity contribution in [2.45, 2.75) is 25.8 Å². The van der Waals surface area contributed by atoms with Gasteiger partial charge in [0.1, 0.15) is 0 Å². The molecule has 2 aromatic carbocycles. The maximum Gasteiger partial charge on any atom is 0.234 e. The quantitative estimate of drug-likeness (QED) is 0.624. The van der Waals surface area contributed by atoms with E-state index in [0.29, 0.717) is 13.1 Å². The Morgan fingerprint density at radius 2 is 1.86 bits per heavy atom. The summed E-state index contributed by atoms with van der Waals surface area (Å²) in [6, 6.07) is 17.9. The monoisotopic (exact) mass is 390 g/mol. The van der Waals surface area contributed by atoms with Gasteiger partial charge in [-0.2, -0.15) is 0 Å². The first-order valence-corrected chi connectivity index (χ1v) is 10.0. The van der Waals surface area contributed by atoms with Crippen molar-refractivity contribution in [3.63, 3.8) is 0 Å². The van der Waals surface area contributed by atoms with E-state index in [2.05, 4.69) is 28.5 Å². The van der Waals surface area contributed by atoms with Crippen LogP contribution in [0.1, 0.15) is 19.8 Å². The molecule has 1 atom stereocenters. The number of piperidine rings is 1. The molecular weight excluding hydrogens is 364 g/mol. The molecule has 0 radical (unpaired) electrons. The Kier molecular flexibility index (Phi) is 5.36. The number of aromatic amines is 1. The Labute approximate surface area is 170 Å². The number of likely N-dealkylation sites (tertiary alicyclic amines) is 1. The summed E-state index contributed by atoms with van der Waals surface area (Å²) in [6.45, 7) is 3.23. The molecule has 0 spiro atoms. The zero-order chi connectivity index (χ0) is 20.4. The zero-order valence-corrected chi connectivity index (χ0v) is 16.5. The van der Waals surface area contributed by atoms with Gasteiger partial charge < -0.3 is 16.0 Å². The van der Waals surface area contributed by atoms with Gasteiger partial charge in [-0.05, 0) is 57.1 Å². The van der Waals surface area contributed by atoms with Crippen molar-refractivity contribution in [2.24, 2.45) is 11.7 Å². The highest BCUT2D eigenvalue weighted by Gasteiger charge is 2.28. The number of nitrogens with one attached hydrogen (secondary N) is 2. The van der Waals surface area contributed by atoms with Crippen molar-refractivity contribution in [3.05, 3.63) is 54.6 Å². The smallest absolute Gasteiger partial charge is 0.234 e. The molecule has 2 amide bonds. The number of para-hydroxylation sites is 1. The molecule has 1 aliphatic heterocycles. The average Bonchev–Trinajstić information content (AvgIpc) is 3.18. The Morgan fingerprint density at radius 3 is 2.59 bits per heavy atom. The summed E-state index contributed by atoms with van der Waals surface area (Å²) in [5.74, 6) is -0.338. The van der Waals surface area contributed by atoms with Crippen LogP contribution in [0.5, 0.6) is 0 Å². The molecule has 1 saturated heterocycles. The maximum absolute atomic E-state index is 12.7. The number of primary amides is 1. The lowest BCUT2D eigenvalue weighted by Crippen LogP contribution is -2.47. The Bertz CT molecular complexity index is 1000. The van der Waals surface area contributed by atoms with Gasteiger partial charge >= 0.3 is 0 Å². The van der Waals surface area contributed by atoms with Crippen LogP contribution in [0.25, 0.3) is 22.2 Å². The molecular formula is C23H26N4O2. The van der Waals surface area contributed by atoms with Gasteiger partial charge in [-0.25, -0.2) is 0 Å². The number of anilines is 1. The summed E-state index contributed by atoms with van der Waals surface area (Å²) in [6.07, 6.45) is 1.45. The molecule has 4 rings (SSSR count). The first-order chi connectivity index (χ1) is 14.0. The van der Waals surface area contributed by atoms with E-state index in [9.17, 15) is 9.59 Å². The summed E-state index contributed by atoms with van der Waals surface area (Å²) < 4.78 is 0. The Balaban J connectivity index is 1.42. The number of hydrogen-bond donors (Lipinski definition) is 3. The second kappa shape index (κ2) is 8.09. The fourth-order valence-electron chi connectivity index (χ4n) is 3.97. The summed E-state index contributed by atoms with van der Waals surface area (Å²) in [7, 11) is 0. The van der Waals surface area contributed by atoms with E-state index < -0.39 is 0 Å². The number of carbonyl (C=O) groups is 2. The summed E-state index contributed by atoms with van der Waals surface area (Å²) in [4.78, 5) is 29.6. The lowest BCUT2D eigenvalue weighted by molar-refractivity contribution is -0.124. The molecule has 1 aliphatic rings. The Hall–Kier alpha value is -3.12. The predicted molar refractivity (Wildman–Crippen MR) is 115 cm³/mol. The second-order valence-electron chi connectivity index (χ2n) is 7.73. The van der Waals surface area contributed by atoms with Crippen molar-refractivity contribution < 1.29 is 9.59 Å². The van der Waals surface area contributed by atoms with Gasteiger partial charge in [0, 0.05) is 33.8 Å². The molecule has 0 saturated carbocycles. The van der Waals surface area contributed by atoms with Crippen LogP contribution in [-0.2, 0) is 9.59 Å². The minimum Gasteiger partial charge on any atom is -0.368 e. The minimum absolute atomic E-state index is 0.0326. The first kappa shape index (κ1) is 19.2. The number of H-pyrrole nitrogens is 1. The topological polar surface area (TPSA) is 91.2 Å². The number of carbonyl (C=O) groups excluding carboxylic acids is 2.